The molecule has 11 heteroatoms. The third kappa shape index (κ3) is 29.2. The molecule has 16 heavy (non-hydrogen) atoms. The van der Waals surface area contributed by atoms with Crippen molar-refractivity contribution in [3.8, 4) is 0 Å². The van der Waals surface area contributed by atoms with Gasteiger partial charge in [-0.25, -0.2) is 0 Å². The van der Waals surface area contributed by atoms with Crippen molar-refractivity contribution in [3.63, 3.8) is 0 Å². The molecule has 0 spiro atoms. The SMILES string of the molecule is N[C@@H](CCC(=O)[O-])C(=O)[O-].O.O.O.O.O.[Mg+2]. The molecule has 0 aliphatic rings. The molecule has 98 valence electrons. The molecule has 0 aromatic rings. The standard InChI is InChI=1S/C5H9NO4.Mg.5H2O/c6-3(5(9)10)1-2-4(7)8;;;;;;/h3H,1-2,6H2,(H,7,8)(H,9,10);;5*1H2/q;+2;;;;;/p-2/t3-;;;;;;/m0....../s1. The summed E-state index contributed by atoms with van der Waals surface area (Å²) in [5.41, 5.74) is 4.91. The number of carbonyl (C=O) groups is 2. The number of carbonyl (C=O) groups excluding carboxylic acids is 2. The zero-order valence-corrected chi connectivity index (χ0v) is 9.82. The second kappa shape index (κ2) is 23.9. The van der Waals surface area contributed by atoms with E-state index in [9.17, 15) is 19.8 Å². The Kier molecular flexibility index (Phi) is 67.6. The maximum absolute atomic E-state index is 9.86. The van der Waals surface area contributed by atoms with Crippen LogP contribution in [0, 0.1) is 0 Å². The molecular weight excluding hydrogens is 242 g/mol. The van der Waals surface area contributed by atoms with Crippen LogP contribution in [0.5, 0.6) is 0 Å². The van der Waals surface area contributed by atoms with E-state index in [0.717, 1.165) is 0 Å². The van der Waals surface area contributed by atoms with Gasteiger partial charge >= 0.3 is 23.1 Å². The van der Waals surface area contributed by atoms with E-state index in [4.69, 9.17) is 5.73 Å². The van der Waals surface area contributed by atoms with Gasteiger partial charge in [0.15, 0.2) is 0 Å². The van der Waals surface area contributed by atoms with Gasteiger partial charge in [-0.3, -0.25) is 0 Å². The summed E-state index contributed by atoms with van der Waals surface area (Å²) in [5.74, 6) is -2.75. The van der Waals surface area contributed by atoms with E-state index in [-0.39, 0.29) is 63.3 Å². The molecule has 0 rings (SSSR count). The zero-order chi connectivity index (χ0) is 8.15. The van der Waals surface area contributed by atoms with Gasteiger partial charge < -0.3 is 52.9 Å². The number of carboxylic acid groups (broad SMARTS) is 2. The summed E-state index contributed by atoms with van der Waals surface area (Å²) in [5, 5.41) is 19.6. The third-order valence-electron chi connectivity index (χ3n) is 0.962. The van der Waals surface area contributed by atoms with Crippen LogP contribution in [0.1, 0.15) is 12.8 Å². The number of aliphatic carboxylic acids is 2. The molecule has 0 aliphatic heterocycles. The second-order valence-corrected chi connectivity index (χ2v) is 1.84. The first-order valence-corrected chi connectivity index (χ1v) is 2.70. The number of hydrogen-bond donors (Lipinski definition) is 1. The average molecular weight is 259 g/mol. The topological polar surface area (TPSA) is 264 Å². The van der Waals surface area contributed by atoms with Crippen LogP contribution >= 0.6 is 0 Å². The van der Waals surface area contributed by atoms with Gasteiger partial charge in [0.1, 0.15) is 0 Å². The number of carboxylic acids is 2. The van der Waals surface area contributed by atoms with E-state index in [2.05, 4.69) is 0 Å². The minimum Gasteiger partial charge on any atom is -0.550 e. The summed E-state index contributed by atoms with van der Waals surface area (Å²) >= 11 is 0. The Labute approximate surface area is 107 Å². The van der Waals surface area contributed by atoms with Crippen LogP contribution in [0.15, 0.2) is 0 Å². The first-order valence-electron chi connectivity index (χ1n) is 2.70. The molecule has 0 saturated carbocycles. The molecule has 0 amide bonds. The summed E-state index contributed by atoms with van der Waals surface area (Å²) < 4.78 is 0. The predicted octanol–water partition coefficient (Wildman–Crippen LogP) is -7.91. The fraction of sp³-hybridized carbons (Fsp3) is 0.600. The maximum Gasteiger partial charge on any atom is 2.00 e. The van der Waals surface area contributed by atoms with Gasteiger partial charge in [-0.05, 0) is 12.8 Å². The van der Waals surface area contributed by atoms with Crippen molar-refractivity contribution in [1.29, 1.82) is 0 Å². The molecule has 0 unspecified atom stereocenters. The van der Waals surface area contributed by atoms with E-state index >= 15 is 0 Å². The molecule has 0 bridgehead atoms. The van der Waals surface area contributed by atoms with Gasteiger partial charge in [0, 0.05) is 12.0 Å². The Balaban J connectivity index is -0.0000000270. The summed E-state index contributed by atoms with van der Waals surface area (Å²) in [7, 11) is 0. The molecule has 1 atom stereocenters. The molecule has 0 heterocycles. The second-order valence-electron chi connectivity index (χ2n) is 1.84. The molecule has 0 radical (unpaired) electrons. The average Bonchev–Trinajstić information content (AvgIpc) is 1.82. The molecule has 0 aromatic heterocycles. The Morgan fingerprint density at radius 2 is 1.31 bits per heavy atom. The van der Waals surface area contributed by atoms with Gasteiger partial charge in [0.2, 0.25) is 0 Å². The van der Waals surface area contributed by atoms with Crippen LogP contribution in [0.3, 0.4) is 0 Å². The largest absolute Gasteiger partial charge is 2.00 e. The molecule has 0 aromatic carbocycles. The first kappa shape index (κ1) is 45.2. The molecule has 0 aliphatic carbocycles. The van der Waals surface area contributed by atoms with Crippen LogP contribution in [0.2, 0.25) is 0 Å². The molecule has 10 nitrogen and oxygen atoms in total. The van der Waals surface area contributed by atoms with Crippen molar-refractivity contribution in [2.45, 2.75) is 18.9 Å². The fourth-order valence-corrected chi connectivity index (χ4v) is 0.391. The molecule has 12 N–H and O–H groups in total. The normalized spacial score (nSPS) is 7.81. The predicted molar refractivity (Wildman–Crippen MR) is 51.0 cm³/mol. The Morgan fingerprint density at radius 1 is 1.00 bits per heavy atom. The monoisotopic (exact) mass is 259 g/mol. The Hall–Kier alpha value is -0.534. The first-order chi connectivity index (χ1) is 4.54. The summed E-state index contributed by atoms with van der Waals surface area (Å²) in [6.07, 6.45) is -0.500. The maximum atomic E-state index is 9.86. The molecular formula is C5H17MgNO9. The summed E-state index contributed by atoms with van der Waals surface area (Å²) in [6.45, 7) is 0. The van der Waals surface area contributed by atoms with Crippen molar-refractivity contribution in [2.75, 3.05) is 0 Å². The van der Waals surface area contributed by atoms with E-state index in [1.807, 2.05) is 0 Å². The minimum atomic E-state index is -1.44. The Bertz CT molecular complexity index is 155. The van der Waals surface area contributed by atoms with Crippen molar-refractivity contribution in [1.82, 2.24) is 0 Å². The van der Waals surface area contributed by atoms with Crippen molar-refractivity contribution in [3.05, 3.63) is 0 Å². The van der Waals surface area contributed by atoms with Gasteiger partial charge in [0.25, 0.3) is 0 Å². The zero-order valence-electron chi connectivity index (χ0n) is 8.41. The van der Waals surface area contributed by atoms with E-state index in [1.165, 1.54) is 0 Å². The smallest absolute Gasteiger partial charge is 0.550 e. The van der Waals surface area contributed by atoms with Crippen LogP contribution < -0.4 is 15.9 Å². The quantitative estimate of drug-likeness (QED) is 0.480. The van der Waals surface area contributed by atoms with Crippen LogP contribution in [0.25, 0.3) is 0 Å². The number of nitrogens with two attached hydrogens (primary N) is 1. The van der Waals surface area contributed by atoms with E-state index in [0.29, 0.717) is 0 Å². The van der Waals surface area contributed by atoms with Crippen molar-refractivity contribution >= 4 is 35.0 Å². The molecule has 0 fully saturated rings. The van der Waals surface area contributed by atoms with Crippen molar-refractivity contribution in [2.24, 2.45) is 5.73 Å². The number of rotatable bonds is 4. The van der Waals surface area contributed by atoms with Crippen LogP contribution in [-0.4, -0.2) is 68.4 Å². The minimum absolute atomic E-state index is 0. The van der Waals surface area contributed by atoms with Gasteiger partial charge in [-0.2, -0.15) is 0 Å². The van der Waals surface area contributed by atoms with Gasteiger partial charge in [-0.1, -0.05) is 0 Å². The fourth-order valence-electron chi connectivity index (χ4n) is 0.391. The van der Waals surface area contributed by atoms with Crippen LogP contribution in [0.4, 0.5) is 0 Å². The Morgan fingerprint density at radius 3 is 1.50 bits per heavy atom. The van der Waals surface area contributed by atoms with Crippen LogP contribution in [-0.2, 0) is 9.59 Å². The van der Waals surface area contributed by atoms with E-state index < -0.39 is 18.0 Å². The molecule has 0 saturated heterocycles. The third-order valence-corrected chi connectivity index (χ3v) is 0.962. The van der Waals surface area contributed by atoms with Gasteiger partial charge in [0.05, 0.1) is 5.97 Å². The van der Waals surface area contributed by atoms with Gasteiger partial charge in [-0.15, -0.1) is 0 Å². The van der Waals surface area contributed by atoms with E-state index in [1.54, 1.807) is 0 Å². The summed E-state index contributed by atoms with van der Waals surface area (Å²) in [4.78, 5) is 19.6. The summed E-state index contributed by atoms with van der Waals surface area (Å²) in [6, 6.07) is -1.21. The van der Waals surface area contributed by atoms with Crippen molar-refractivity contribution < 1.29 is 47.2 Å². The number of hydrogen-bond acceptors (Lipinski definition) is 5.